The highest BCUT2D eigenvalue weighted by atomic mass is 32.1. The van der Waals surface area contributed by atoms with Crippen molar-refractivity contribution < 1.29 is 9.59 Å². The maximum Gasteiger partial charge on any atom is 0.228 e. The second kappa shape index (κ2) is 6.59. The Kier molecular flexibility index (Phi) is 4.29. The summed E-state index contributed by atoms with van der Waals surface area (Å²) in [5.74, 6) is 0.222. The molecule has 0 spiro atoms. The normalized spacial score (nSPS) is 23.0. The third kappa shape index (κ3) is 3.18. The fraction of sp³-hybridized carbons (Fsp3) is 0.421. The second-order valence-electron chi connectivity index (χ2n) is 6.86. The van der Waals surface area contributed by atoms with Crippen molar-refractivity contribution >= 4 is 23.2 Å². The number of hydrogen-bond donors (Lipinski definition) is 0. The van der Waals surface area contributed by atoms with Gasteiger partial charge in [-0.3, -0.25) is 9.59 Å². The van der Waals surface area contributed by atoms with Gasteiger partial charge in [-0.15, -0.1) is 11.3 Å². The number of hydrogen-bond acceptors (Lipinski definition) is 4. The highest BCUT2D eigenvalue weighted by Crippen LogP contribution is 2.29. The van der Waals surface area contributed by atoms with Crippen LogP contribution in [0.15, 0.2) is 35.7 Å². The average Bonchev–Trinajstić information content (AvgIpc) is 2.92. The standard InChI is InChI=1S/C19H21N3O2S/c1-21-16-8-7-14(19(21)24)10-22(11-16)17(23)9-15-12-25-18(20-15)13-5-3-2-4-6-13/h2-6,12,14,16H,7-11H2,1H3/t14-,16+/m1/s1. The van der Waals surface area contributed by atoms with Gasteiger partial charge < -0.3 is 9.80 Å². The predicted octanol–water partition coefficient (Wildman–Crippen LogP) is 2.43. The molecule has 3 aliphatic rings. The van der Waals surface area contributed by atoms with Gasteiger partial charge >= 0.3 is 0 Å². The summed E-state index contributed by atoms with van der Waals surface area (Å²) in [7, 11) is 1.86. The molecule has 0 saturated carbocycles. The van der Waals surface area contributed by atoms with E-state index in [2.05, 4.69) is 4.98 Å². The number of carbonyl (C=O) groups is 2. The van der Waals surface area contributed by atoms with E-state index in [4.69, 9.17) is 0 Å². The Morgan fingerprint density at radius 3 is 2.84 bits per heavy atom. The molecule has 0 radical (unpaired) electrons. The number of amides is 2. The molecule has 4 heterocycles. The summed E-state index contributed by atoms with van der Waals surface area (Å²) < 4.78 is 0. The fourth-order valence-corrected chi connectivity index (χ4v) is 4.55. The lowest BCUT2D eigenvalue weighted by Crippen LogP contribution is -2.45. The minimum absolute atomic E-state index is 0.0389. The first kappa shape index (κ1) is 16.3. The number of piperidine rings is 1. The molecule has 3 aliphatic heterocycles. The second-order valence-corrected chi connectivity index (χ2v) is 7.72. The van der Waals surface area contributed by atoms with Gasteiger partial charge in [0.25, 0.3) is 0 Å². The lowest BCUT2D eigenvalue weighted by molar-refractivity contribution is -0.138. The molecular formula is C19H21N3O2S. The van der Waals surface area contributed by atoms with Crippen LogP contribution in [-0.2, 0) is 16.0 Å². The van der Waals surface area contributed by atoms with Crippen LogP contribution in [-0.4, -0.2) is 52.8 Å². The van der Waals surface area contributed by atoms with Crippen molar-refractivity contribution in [2.45, 2.75) is 25.3 Å². The molecule has 2 aromatic rings. The average molecular weight is 355 g/mol. The van der Waals surface area contributed by atoms with E-state index >= 15 is 0 Å². The van der Waals surface area contributed by atoms with Crippen LogP contribution in [0.5, 0.6) is 0 Å². The summed E-state index contributed by atoms with van der Waals surface area (Å²) in [5, 5.41) is 2.90. The van der Waals surface area contributed by atoms with E-state index in [-0.39, 0.29) is 23.8 Å². The van der Waals surface area contributed by atoms with Gasteiger partial charge in [-0.1, -0.05) is 30.3 Å². The Balaban J connectivity index is 1.46. The monoisotopic (exact) mass is 355 g/mol. The molecule has 2 bridgehead atoms. The molecule has 5 rings (SSSR count). The molecule has 2 amide bonds. The molecule has 1 aromatic heterocycles. The van der Waals surface area contributed by atoms with E-state index in [1.165, 1.54) is 0 Å². The van der Waals surface area contributed by atoms with Crippen LogP contribution in [0.25, 0.3) is 10.6 Å². The number of aromatic nitrogens is 1. The number of carbonyl (C=O) groups excluding carboxylic acids is 2. The summed E-state index contributed by atoms with van der Waals surface area (Å²) in [6.07, 6.45) is 2.19. The third-order valence-corrected chi connectivity index (χ3v) is 6.16. The van der Waals surface area contributed by atoms with Crippen LogP contribution < -0.4 is 0 Å². The molecule has 3 fully saturated rings. The smallest absolute Gasteiger partial charge is 0.228 e. The van der Waals surface area contributed by atoms with Crippen molar-refractivity contribution in [2.24, 2.45) is 5.92 Å². The number of fused-ring (bicyclic) bond motifs is 4. The number of likely N-dealkylation sites (N-methyl/N-ethyl adjacent to an activating group) is 1. The molecular weight excluding hydrogens is 334 g/mol. The summed E-state index contributed by atoms with van der Waals surface area (Å²) in [4.78, 5) is 33.3. The van der Waals surface area contributed by atoms with Crippen molar-refractivity contribution in [2.75, 3.05) is 20.1 Å². The van der Waals surface area contributed by atoms with Crippen LogP contribution >= 0.6 is 11.3 Å². The maximum absolute atomic E-state index is 12.8. The maximum atomic E-state index is 12.8. The first-order valence-corrected chi connectivity index (χ1v) is 9.54. The highest BCUT2D eigenvalue weighted by Gasteiger charge is 2.40. The SMILES string of the molecule is CN1C(=O)[C@@H]2CC[C@H]1CN(C(=O)Cc1csc(-c3ccccc3)n1)C2. The Morgan fingerprint density at radius 1 is 1.24 bits per heavy atom. The number of rotatable bonds is 3. The first-order valence-electron chi connectivity index (χ1n) is 8.66. The van der Waals surface area contributed by atoms with Gasteiger partial charge in [0.2, 0.25) is 11.8 Å². The lowest BCUT2D eigenvalue weighted by atomic mass is 9.95. The summed E-state index contributed by atoms with van der Waals surface area (Å²) >= 11 is 1.57. The van der Waals surface area contributed by atoms with Crippen molar-refractivity contribution in [3.8, 4) is 10.6 Å². The molecule has 130 valence electrons. The molecule has 6 heteroatoms. The van der Waals surface area contributed by atoms with Gasteiger partial charge in [-0.25, -0.2) is 4.98 Å². The molecule has 3 saturated heterocycles. The molecule has 2 atom stereocenters. The zero-order valence-corrected chi connectivity index (χ0v) is 15.0. The van der Waals surface area contributed by atoms with Gasteiger partial charge in [0, 0.05) is 37.1 Å². The zero-order chi connectivity index (χ0) is 17.4. The number of nitrogens with zero attached hydrogens (tertiary/aromatic N) is 3. The van der Waals surface area contributed by atoms with Crippen LogP contribution in [0.2, 0.25) is 0 Å². The Labute approximate surface area is 151 Å². The van der Waals surface area contributed by atoms with E-state index < -0.39 is 0 Å². The van der Waals surface area contributed by atoms with E-state index in [1.54, 1.807) is 11.3 Å². The van der Waals surface area contributed by atoms with Gasteiger partial charge in [0.1, 0.15) is 5.01 Å². The van der Waals surface area contributed by atoms with E-state index in [0.717, 1.165) is 29.1 Å². The Bertz CT molecular complexity index is 789. The molecule has 0 N–H and O–H groups in total. The summed E-state index contributed by atoms with van der Waals surface area (Å²) in [6.45, 7) is 1.20. The quantitative estimate of drug-likeness (QED) is 0.850. The zero-order valence-electron chi connectivity index (χ0n) is 14.2. The predicted molar refractivity (Wildman–Crippen MR) is 97.1 cm³/mol. The van der Waals surface area contributed by atoms with Gasteiger partial charge in [-0.2, -0.15) is 0 Å². The molecule has 5 nitrogen and oxygen atoms in total. The van der Waals surface area contributed by atoms with Crippen LogP contribution in [0, 0.1) is 5.92 Å². The van der Waals surface area contributed by atoms with Gasteiger partial charge in [0.15, 0.2) is 0 Å². The van der Waals surface area contributed by atoms with Crippen molar-refractivity contribution in [3.63, 3.8) is 0 Å². The minimum atomic E-state index is -0.0389. The fourth-order valence-electron chi connectivity index (χ4n) is 3.73. The van der Waals surface area contributed by atoms with Gasteiger partial charge in [-0.05, 0) is 12.8 Å². The first-order chi connectivity index (χ1) is 12.1. The topological polar surface area (TPSA) is 53.5 Å². The van der Waals surface area contributed by atoms with E-state index in [0.29, 0.717) is 19.5 Å². The molecule has 25 heavy (non-hydrogen) atoms. The number of thiazole rings is 1. The molecule has 0 unspecified atom stereocenters. The highest BCUT2D eigenvalue weighted by molar-refractivity contribution is 7.13. The van der Waals surface area contributed by atoms with Crippen LogP contribution in [0.4, 0.5) is 0 Å². The molecule has 0 aliphatic carbocycles. The van der Waals surface area contributed by atoms with Gasteiger partial charge in [0.05, 0.1) is 18.0 Å². The van der Waals surface area contributed by atoms with Crippen molar-refractivity contribution in [1.82, 2.24) is 14.8 Å². The van der Waals surface area contributed by atoms with Crippen molar-refractivity contribution in [3.05, 3.63) is 41.4 Å². The number of benzene rings is 1. The Morgan fingerprint density at radius 2 is 2.04 bits per heavy atom. The Hall–Kier alpha value is -2.21. The summed E-state index contributed by atoms with van der Waals surface area (Å²) in [5.41, 5.74) is 1.89. The van der Waals surface area contributed by atoms with Crippen molar-refractivity contribution in [1.29, 1.82) is 0 Å². The largest absolute Gasteiger partial charge is 0.341 e. The molecule has 1 aromatic carbocycles. The lowest BCUT2D eigenvalue weighted by Gasteiger charge is -2.32. The van der Waals surface area contributed by atoms with Crippen LogP contribution in [0.3, 0.4) is 0 Å². The van der Waals surface area contributed by atoms with E-state index in [1.807, 2.05) is 52.6 Å². The van der Waals surface area contributed by atoms with Crippen LogP contribution in [0.1, 0.15) is 18.5 Å². The van der Waals surface area contributed by atoms with E-state index in [9.17, 15) is 9.59 Å². The third-order valence-electron chi connectivity index (χ3n) is 5.22. The minimum Gasteiger partial charge on any atom is -0.341 e. The summed E-state index contributed by atoms with van der Waals surface area (Å²) in [6, 6.07) is 10.2.